The van der Waals surface area contributed by atoms with Gasteiger partial charge in [0, 0.05) is 37.7 Å². The van der Waals surface area contributed by atoms with Gasteiger partial charge in [-0.15, -0.1) is 0 Å². The van der Waals surface area contributed by atoms with Crippen LogP contribution in [0.25, 0.3) is 0 Å². The van der Waals surface area contributed by atoms with Gasteiger partial charge in [-0.25, -0.2) is 8.42 Å². The Bertz CT molecular complexity index is 1010. The lowest BCUT2D eigenvalue weighted by atomic mass is 10.2. The fraction of sp³-hybridized carbons (Fsp3) is 0.444. The summed E-state index contributed by atoms with van der Waals surface area (Å²) in [5, 5.41) is 5.06. The van der Waals surface area contributed by atoms with Crippen LogP contribution < -0.4 is 0 Å². The van der Waals surface area contributed by atoms with Crippen LogP contribution in [0.3, 0.4) is 0 Å². The van der Waals surface area contributed by atoms with E-state index in [1.165, 1.54) is 10.4 Å². The number of aromatic nitrogens is 2. The molecule has 0 radical (unpaired) electrons. The van der Waals surface area contributed by atoms with Crippen LogP contribution in [0.4, 0.5) is 0 Å². The third-order valence-electron chi connectivity index (χ3n) is 4.90. The molecule has 1 aromatic heterocycles. The fourth-order valence-electron chi connectivity index (χ4n) is 3.45. The molecule has 0 N–H and O–H groups in total. The highest BCUT2D eigenvalue weighted by molar-refractivity contribution is 7.89. The van der Waals surface area contributed by atoms with Gasteiger partial charge in [0.25, 0.3) is 5.91 Å². The quantitative estimate of drug-likeness (QED) is 0.725. The van der Waals surface area contributed by atoms with Crippen LogP contribution in [0.15, 0.2) is 23.1 Å². The van der Waals surface area contributed by atoms with Crippen molar-refractivity contribution in [3.8, 4) is 0 Å². The van der Waals surface area contributed by atoms with Gasteiger partial charge >= 0.3 is 0 Å². The number of hydrogen-bond acceptors (Lipinski definition) is 4. The Hall–Kier alpha value is -1.61. The number of carbonyl (C=O) groups excluding carboxylic acids is 1. The van der Waals surface area contributed by atoms with E-state index < -0.39 is 10.0 Å². The second-order valence-electron chi connectivity index (χ2n) is 6.64. The normalized spacial score (nSPS) is 15.8. The summed E-state index contributed by atoms with van der Waals surface area (Å²) in [7, 11) is -3.68. The molecular weight excluding hydrogens is 423 g/mol. The summed E-state index contributed by atoms with van der Waals surface area (Å²) in [5.41, 5.74) is 1.44. The molecule has 0 atom stereocenters. The van der Waals surface area contributed by atoms with Crippen molar-refractivity contribution in [1.82, 2.24) is 19.0 Å². The van der Waals surface area contributed by atoms with E-state index in [4.69, 9.17) is 23.2 Å². The van der Waals surface area contributed by atoms with Crippen LogP contribution in [0.1, 0.15) is 28.7 Å². The lowest BCUT2D eigenvalue weighted by Gasteiger charge is -2.34. The molecule has 7 nitrogen and oxygen atoms in total. The van der Waals surface area contributed by atoms with Gasteiger partial charge in [-0.1, -0.05) is 23.2 Å². The summed E-state index contributed by atoms with van der Waals surface area (Å²) in [4.78, 5) is 14.6. The predicted molar refractivity (Wildman–Crippen MR) is 108 cm³/mol. The van der Waals surface area contributed by atoms with Gasteiger partial charge in [0.2, 0.25) is 10.0 Å². The second-order valence-corrected chi connectivity index (χ2v) is 9.35. The maximum absolute atomic E-state index is 13.1. The van der Waals surface area contributed by atoms with Gasteiger partial charge in [-0.2, -0.15) is 9.40 Å². The first kappa shape index (κ1) is 21.1. The molecule has 2 aromatic rings. The Labute approximate surface area is 174 Å². The molecule has 10 heteroatoms. The highest BCUT2D eigenvalue weighted by atomic mass is 35.5. The van der Waals surface area contributed by atoms with Crippen molar-refractivity contribution < 1.29 is 13.2 Å². The van der Waals surface area contributed by atoms with Gasteiger partial charge in [-0.05, 0) is 39.0 Å². The topological polar surface area (TPSA) is 75.5 Å². The molecule has 0 spiro atoms. The Morgan fingerprint density at radius 2 is 1.79 bits per heavy atom. The van der Waals surface area contributed by atoms with Gasteiger partial charge in [-0.3, -0.25) is 9.48 Å². The monoisotopic (exact) mass is 444 g/mol. The number of piperazine rings is 1. The van der Waals surface area contributed by atoms with Crippen LogP contribution in [-0.2, 0) is 16.6 Å². The number of amides is 1. The van der Waals surface area contributed by atoms with Crippen molar-refractivity contribution >= 4 is 39.1 Å². The van der Waals surface area contributed by atoms with E-state index in [1.54, 1.807) is 35.6 Å². The van der Waals surface area contributed by atoms with E-state index in [0.717, 1.165) is 0 Å². The van der Waals surface area contributed by atoms with Gasteiger partial charge in [0.15, 0.2) is 0 Å². The number of benzene rings is 1. The lowest BCUT2D eigenvalue weighted by molar-refractivity contribution is 0.0698. The number of nitrogens with zero attached hydrogens (tertiary/aromatic N) is 4. The summed E-state index contributed by atoms with van der Waals surface area (Å²) in [6.07, 6.45) is 0. The summed E-state index contributed by atoms with van der Waals surface area (Å²) >= 11 is 12.1. The zero-order chi connectivity index (χ0) is 20.6. The van der Waals surface area contributed by atoms with E-state index in [0.29, 0.717) is 33.5 Å². The minimum Gasteiger partial charge on any atom is -0.336 e. The van der Waals surface area contributed by atoms with E-state index in [1.807, 2.05) is 6.92 Å². The molecule has 1 amide bonds. The fourth-order valence-corrected chi connectivity index (χ4v) is 5.62. The van der Waals surface area contributed by atoms with Gasteiger partial charge < -0.3 is 4.90 Å². The van der Waals surface area contributed by atoms with E-state index >= 15 is 0 Å². The Kier molecular flexibility index (Phi) is 6.05. The maximum Gasteiger partial charge on any atom is 0.255 e. The largest absolute Gasteiger partial charge is 0.336 e. The third kappa shape index (κ3) is 3.78. The summed E-state index contributed by atoms with van der Waals surface area (Å²) in [6.45, 7) is 6.96. The molecule has 28 heavy (non-hydrogen) atoms. The van der Waals surface area contributed by atoms with Crippen LogP contribution in [0.5, 0.6) is 0 Å². The minimum atomic E-state index is -3.68. The molecule has 1 aliphatic rings. The molecule has 2 heterocycles. The average Bonchev–Trinajstić information content (AvgIpc) is 2.97. The number of sulfonamides is 1. The number of halogens is 2. The third-order valence-corrected chi connectivity index (χ3v) is 7.61. The number of hydrogen-bond donors (Lipinski definition) is 0. The highest BCUT2D eigenvalue weighted by Gasteiger charge is 2.34. The van der Waals surface area contributed by atoms with Crippen molar-refractivity contribution in [3.63, 3.8) is 0 Å². The number of carbonyl (C=O) groups is 1. The summed E-state index contributed by atoms with van der Waals surface area (Å²) in [6, 6.07) is 4.72. The SMILES string of the molecule is CCn1nc(C)c(S(=O)(=O)N2CCN(C(=O)c3cc(Cl)ccc3Cl)CC2)c1C. The first-order chi connectivity index (χ1) is 13.2. The number of rotatable bonds is 4. The summed E-state index contributed by atoms with van der Waals surface area (Å²) in [5.74, 6) is -0.254. The Morgan fingerprint density at radius 1 is 1.14 bits per heavy atom. The average molecular weight is 445 g/mol. The molecule has 1 saturated heterocycles. The van der Waals surface area contributed by atoms with E-state index in [9.17, 15) is 13.2 Å². The predicted octanol–water partition coefficient (Wildman–Crippen LogP) is 2.97. The van der Waals surface area contributed by atoms with Crippen molar-refractivity contribution in [2.24, 2.45) is 0 Å². The highest BCUT2D eigenvalue weighted by Crippen LogP contribution is 2.26. The van der Waals surface area contributed by atoms with Crippen molar-refractivity contribution in [1.29, 1.82) is 0 Å². The zero-order valence-electron chi connectivity index (χ0n) is 15.9. The van der Waals surface area contributed by atoms with Crippen LogP contribution >= 0.6 is 23.2 Å². The van der Waals surface area contributed by atoms with Crippen molar-refractivity contribution in [2.75, 3.05) is 26.2 Å². The van der Waals surface area contributed by atoms with E-state index in [-0.39, 0.29) is 37.0 Å². The lowest BCUT2D eigenvalue weighted by Crippen LogP contribution is -2.50. The van der Waals surface area contributed by atoms with E-state index in [2.05, 4.69) is 5.10 Å². The summed E-state index contributed by atoms with van der Waals surface area (Å²) < 4.78 is 29.4. The van der Waals surface area contributed by atoms with Crippen LogP contribution in [0.2, 0.25) is 10.0 Å². The molecule has 0 saturated carbocycles. The standard InChI is InChI=1S/C18H22Cl2N4O3S/c1-4-24-13(3)17(12(2)21-24)28(26,27)23-9-7-22(8-10-23)18(25)15-11-14(19)5-6-16(15)20/h5-6,11H,4,7-10H2,1-3H3. The Balaban J connectivity index is 1.77. The van der Waals surface area contributed by atoms with Crippen molar-refractivity contribution in [2.45, 2.75) is 32.2 Å². The van der Waals surface area contributed by atoms with Crippen LogP contribution in [0, 0.1) is 13.8 Å². The molecule has 0 unspecified atom stereocenters. The van der Waals surface area contributed by atoms with Crippen LogP contribution in [-0.4, -0.2) is 59.5 Å². The molecule has 1 aliphatic heterocycles. The number of aryl methyl sites for hydroxylation is 2. The minimum absolute atomic E-state index is 0.211. The zero-order valence-corrected chi connectivity index (χ0v) is 18.3. The molecule has 0 bridgehead atoms. The van der Waals surface area contributed by atoms with Gasteiger partial charge in [0.1, 0.15) is 4.90 Å². The first-order valence-electron chi connectivity index (χ1n) is 8.95. The van der Waals surface area contributed by atoms with Crippen molar-refractivity contribution in [3.05, 3.63) is 45.2 Å². The Morgan fingerprint density at radius 3 is 2.36 bits per heavy atom. The first-order valence-corrected chi connectivity index (χ1v) is 11.1. The smallest absolute Gasteiger partial charge is 0.255 e. The molecule has 3 rings (SSSR count). The molecule has 0 aliphatic carbocycles. The molecule has 152 valence electrons. The van der Waals surface area contributed by atoms with Gasteiger partial charge in [0.05, 0.1) is 22.0 Å². The molecular formula is C18H22Cl2N4O3S. The second kappa shape index (κ2) is 8.02. The molecule has 1 aromatic carbocycles. The maximum atomic E-state index is 13.1. The molecule has 1 fully saturated rings.